The first kappa shape index (κ1) is 21.4. The van der Waals surface area contributed by atoms with Crippen LogP contribution in [-0.4, -0.2) is 50.5 Å². The van der Waals surface area contributed by atoms with E-state index in [1.165, 1.54) is 0 Å². The highest BCUT2D eigenvalue weighted by molar-refractivity contribution is 5.96. The van der Waals surface area contributed by atoms with Crippen molar-refractivity contribution in [2.75, 3.05) is 39.1 Å². The lowest BCUT2D eigenvalue weighted by molar-refractivity contribution is -0.885. The number of amides is 2. The molecule has 0 aliphatic rings. The fraction of sp³-hybridized carbons (Fsp3) is 0.364. The van der Waals surface area contributed by atoms with E-state index in [2.05, 4.69) is 5.32 Å². The van der Waals surface area contributed by atoms with E-state index in [4.69, 9.17) is 4.74 Å². The Morgan fingerprint density at radius 1 is 1.07 bits per heavy atom. The molecule has 0 fully saturated rings. The van der Waals surface area contributed by atoms with Crippen molar-refractivity contribution in [3.8, 4) is 5.75 Å². The highest BCUT2D eigenvalue weighted by atomic mass is 16.5. The number of nitrogens with one attached hydrogen (secondary N) is 2. The molecule has 0 heterocycles. The second-order valence-corrected chi connectivity index (χ2v) is 6.77. The van der Waals surface area contributed by atoms with Gasteiger partial charge in [0, 0.05) is 29.9 Å². The first-order valence-electron chi connectivity index (χ1n) is 9.60. The van der Waals surface area contributed by atoms with Gasteiger partial charge in [-0.15, -0.1) is 0 Å². The number of carbonyl (C=O) groups is 2. The van der Waals surface area contributed by atoms with Crippen molar-refractivity contribution >= 4 is 17.5 Å². The van der Waals surface area contributed by atoms with E-state index in [-0.39, 0.29) is 11.8 Å². The molecule has 150 valence electrons. The first-order valence-corrected chi connectivity index (χ1v) is 9.60. The minimum Gasteiger partial charge on any atom is -0.497 e. The zero-order chi connectivity index (χ0) is 20.5. The van der Waals surface area contributed by atoms with E-state index in [1.54, 1.807) is 36.3 Å². The van der Waals surface area contributed by atoms with Crippen LogP contribution in [0.15, 0.2) is 48.5 Å². The fourth-order valence-electron chi connectivity index (χ4n) is 3.06. The molecule has 0 aliphatic carbocycles. The molecule has 6 nitrogen and oxygen atoms in total. The van der Waals surface area contributed by atoms with Crippen LogP contribution >= 0.6 is 0 Å². The maximum absolute atomic E-state index is 12.3. The molecule has 0 bridgehead atoms. The van der Waals surface area contributed by atoms with Crippen LogP contribution in [0.25, 0.3) is 0 Å². The van der Waals surface area contributed by atoms with E-state index in [1.807, 2.05) is 45.2 Å². The quantitative estimate of drug-likeness (QED) is 0.693. The number of likely N-dealkylation sites (N-methyl/N-ethyl adjacent to an activating group) is 1. The smallest absolute Gasteiger partial charge is 0.279 e. The second-order valence-electron chi connectivity index (χ2n) is 6.77. The molecule has 2 aromatic rings. The van der Waals surface area contributed by atoms with E-state index < -0.39 is 0 Å². The summed E-state index contributed by atoms with van der Waals surface area (Å²) in [5.74, 6) is 0.752. The number of hydrogen-bond acceptors (Lipinski definition) is 3. The Kier molecular flexibility index (Phi) is 8.02. The third kappa shape index (κ3) is 6.09. The predicted molar refractivity (Wildman–Crippen MR) is 111 cm³/mol. The van der Waals surface area contributed by atoms with Crippen LogP contribution < -0.4 is 15.0 Å². The normalized spacial score (nSPS) is 11.6. The molecule has 0 saturated heterocycles. The summed E-state index contributed by atoms with van der Waals surface area (Å²) in [5.41, 5.74) is 2.43. The van der Waals surface area contributed by atoms with Crippen molar-refractivity contribution in [3.05, 3.63) is 59.7 Å². The number of hydrogen-bond donors (Lipinski definition) is 2. The van der Waals surface area contributed by atoms with E-state index in [0.717, 1.165) is 22.8 Å². The van der Waals surface area contributed by atoms with Crippen LogP contribution in [0.2, 0.25) is 0 Å². The zero-order valence-corrected chi connectivity index (χ0v) is 17.1. The van der Waals surface area contributed by atoms with Crippen molar-refractivity contribution in [1.82, 2.24) is 4.90 Å². The molecule has 0 radical (unpaired) electrons. The molecule has 6 heteroatoms. The molecule has 2 N–H and O–H groups in total. The summed E-state index contributed by atoms with van der Waals surface area (Å²) in [6.07, 6.45) is 0. The Bertz CT molecular complexity index is 786. The number of nitrogens with zero attached hydrogens (tertiary/aromatic N) is 1. The molecule has 0 saturated carbocycles. The van der Waals surface area contributed by atoms with Gasteiger partial charge >= 0.3 is 0 Å². The minimum absolute atomic E-state index is 0.00495. The van der Waals surface area contributed by atoms with Gasteiger partial charge in [-0.05, 0) is 50.2 Å². The number of ether oxygens (including phenoxy) is 1. The Morgan fingerprint density at radius 3 is 2.36 bits per heavy atom. The molecule has 2 rings (SSSR count). The molecule has 0 aromatic heterocycles. The molecule has 28 heavy (non-hydrogen) atoms. The fourth-order valence-corrected chi connectivity index (χ4v) is 3.06. The van der Waals surface area contributed by atoms with Crippen molar-refractivity contribution in [1.29, 1.82) is 0 Å². The highest BCUT2D eigenvalue weighted by Crippen LogP contribution is 2.12. The van der Waals surface area contributed by atoms with Crippen molar-refractivity contribution < 1.29 is 19.2 Å². The van der Waals surface area contributed by atoms with Gasteiger partial charge in [-0.1, -0.05) is 12.1 Å². The predicted octanol–water partition coefficient (Wildman–Crippen LogP) is 1.83. The van der Waals surface area contributed by atoms with Crippen molar-refractivity contribution in [2.45, 2.75) is 20.4 Å². The number of quaternary nitrogens is 1. The molecule has 1 atom stereocenters. The Labute approximate surface area is 167 Å². The van der Waals surface area contributed by atoms with E-state index in [0.29, 0.717) is 30.9 Å². The van der Waals surface area contributed by atoms with Crippen LogP contribution in [0.5, 0.6) is 5.75 Å². The second kappa shape index (κ2) is 10.5. The zero-order valence-electron chi connectivity index (χ0n) is 17.1. The molecule has 1 unspecified atom stereocenters. The molecular weight excluding hydrogens is 354 g/mol. The lowest BCUT2D eigenvalue weighted by atomic mass is 10.1. The summed E-state index contributed by atoms with van der Waals surface area (Å²) in [6, 6.07) is 14.9. The maximum atomic E-state index is 12.3. The third-order valence-electron chi connectivity index (χ3n) is 4.57. The van der Waals surface area contributed by atoms with Crippen LogP contribution in [0.4, 0.5) is 5.69 Å². The van der Waals surface area contributed by atoms with Gasteiger partial charge in [0.1, 0.15) is 12.3 Å². The number of anilines is 1. The summed E-state index contributed by atoms with van der Waals surface area (Å²) in [6.45, 7) is 6.34. The van der Waals surface area contributed by atoms with Gasteiger partial charge in [-0.25, -0.2) is 0 Å². The third-order valence-corrected chi connectivity index (χ3v) is 4.57. The van der Waals surface area contributed by atoms with Gasteiger partial charge in [-0.3, -0.25) is 9.59 Å². The lowest BCUT2D eigenvalue weighted by Crippen LogP contribution is -3.08. The number of benzene rings is 2. The van der Waals surface area contributed by atoms with Crippen LogP contribution in [-0.2, 0) is 11.3 Å². The van der Waals surface area contributed by atoms with Gasteiger partial charge in [0.15, 0.2) is 6.54 Å². The Balaban J connectivity index is 1.89. The molecular formula is C22H30N3O3+. The lowest BCUT2D eigenvalue weighted by Gasteiger charge is -2.18. The summed E-state index contributed by atoms with van der Waals surface area (Å²) in [5, 5.41) is 2.90. The summed E-state index contributed by atoms with van der Waals surface area (Å²) < 4.78 is 5.24. The van der Waals surface area contributed by atoms with Crippen LogP contribution in [0.1, 0.15) is 29.8 Å². The average Bonchev–Trinajstić information content (AvgIpc) is 2.69. The Hall–Kier alpha value is -2.86. The van der Waals surface area contributed by atoms with Gasteiger partial charge in [0.25, 0.3) is 11.8 Å². The number of carbonyl (C=O) groups excluding carboxylic acids is 2. The molecule has 0 spiro atoms. The summed E-state index contributed by atoms with van der Waals surface area (Å²) in [4.78, 5) is 27.5. The molecule has 2 amide bonds. The van der Waals surface area contributed by atoms with Gasteiger partial charge in [-0.2, -0.15) is 0 Å². The van der Waals surface area contributed by atoms with Crippen molar-refractivity contribution in [2.24, 2.45) is 0 Å². The average molecular weight is 385 g/mol. The molecule has 2 aromatic carbocycles. The van der Waals surface area contributed by atoms with Gasteiger partial charge in [0.2, 0.25) is 0 Å². The molecule has 0 aliphatic heterocycles. The highest BCUT2D eigenvalue weighted by Gasteiger charge is 2.14. The standard InChI is InChI=1S/C22H29N3O3/c1-5-25(6-2)22(27)18-10-12-19(13-11-18)23-21(26)16-24(3)15-17-8-7-9-20(14-17)28-4/h7-14H,5-6,15-16H2,1-4H3,(H,23,26)/p+1. The first-order chi connectivity index (χ1) is 13.5. The van der Waals surface area contributed by atoms with E-state index in [9.17, 15) is 9.59 Å². The topological polar surface area (TPSA) is 63.1 Å². The van der Waals surface area contributed by atoms with E-state index >= 15 is 0 Å². The van der Waals surface area contributed by atoms with Crippen LogP contribution in [0, 0.1) is 0 Å². The monoisotopic (exact) mass is 384 g/mol. The number of rotatable bonds is 9. The summed E-state index contributed by atoms with van der Waals surface area (Å²) >= 11 is 0. The SMILES string of the molecule is CCN(CC)C(=O)c1ccc(NC(=O)C[NH+](C)Cc2cccc(OC)c2)cc1. The largest absolute Gasteiger partial charge is 0.497 e. The summed E-state index contributed by atoms with van der Waals surface area (Å²) in [7, 11) is 3.62. The maximum Gasteiger partial charge on any atom is 0.279 e. The van der Waals surface area contributed by atoms with Crippen molar-refractivity contribution in [3.63, 3.8) is 0 Å². The minimum atomic E-state index is -0.0665. The Morgan fingerprint density at radius 2 is 1.75 bits per heavy atom. The van der Waals surface area contributed by atoms with Gasteiger partial charge < -0.3 is 19.9 Å². The van der Waals surface area contributed by atoms with Gasteiger partial charge in [0.05, 0.1) is 14.2 Å². The number of methoxy groups -OCH3 is 1. The van der Waals surface area contributed by atoms with Crippen LogP contribution in [0.3, 0.4) is 0 Å².